The van der Waals surface area contributed by atoms with Gasteiger partial charge in [-0.05, 0) is 29.7 Å². The van der Waals surface area contributed by atoms with Gasteiger partial charge in [0.05, 0.1) is 6.04 Å². The first kappa shape index (κ1) is 19.9. The van der Waals surface area contributed by atoms with E-state index in [2.05, 4.69) is 33.0 Å². The molecule has 0 bridgehead atoms. The summed E-state index contributed by atoms with van der Waals surface area (Å²) < 4.78 is 0. The summed E-state index contributed by atoms with van der Waals surface area (Å²) in [5, 5.41) is 2.98. The average molecular weight is 313 g/mol. The smallest absolute Gasteiger partial charge is 0.237 e. The van der Waals surface area contributed by atoms with Gasteiger partial charge in [0.2, 0.25) is 5.91 Å². The van der Waals surface area contributed by atoms with Crippen LogP contribution in [0.4, 0.5) is 0 Å². The normalized spacial score (nSPS) is 12.7. The molecule has 0 aliphatic rings. The standard InChI is InChI=1S/C17H28N2O.ClH/c1-13(2)11-17(3,4)12-19-16(20)15(18)10-14-8-6-5-7-9-14;/h5-9,13,15H,10-12,18H2,1-4H3,(H,19,20);1H/t15-;/m0./s1. The molecule has 0 heterocycles. The monoisotopic (exact) mass is 312 g/mol. The van der Waals surface area contributed by atoms with E-state index in [-0.39, 0.29) is 23.7 Å². The number of benzene rings is 1. The van der Waals surface area contributed by atoms with E-state index in [0.29, 0.717) is 18.9 Å². The van der Waals surface area contributed by atoms with Gasteiger partial charge in [-0.3, -0.25) is 4.79 Å². The molecule has 1 amide bonds. The SMILES string of the molecule is CC(C)CC(C)(C)CNC(=O)[C@@H](N)Cc1ccccc1.Cl. The minimum absolute atomic E-state index is 0. The van der Waals surface area contributed by atoms with E-state index in [1.807, 2.05) is 30.3 Å². The van der Waals surface area contributed by atoms with E-state index in [1.165, 1.54) is 0 Å². The Hall–Kier alpha value is -1.06. The van der Waals surface area contributed by atoms with Gasteiger partial charge in [0.1, 0.15) is 0 Å². The van der Waals surface area contributed by atoms with Crippen molar-refractivity contribution in [2.45, 2.75) is 46.6 Å². The van der Waals surface area contributed by atoms with Crippen molar-refractivity contribution >= 4 is 18.3 Å². The highest BCUT2D eigenvalue weighted by atomic mass is 35.5. The summed E-state index contributed by atoms with van der Waals surface area (Å²) in [6, 6.07) is 9.40. The van der Waals surface area contributed by atoms with E-state index in [1.54, 1.807) is 0 Å². The molecule has 0 saturated carbocycles. The summed E-state index contributed by atoms with van der Waals surface area (Å²) >= 11 is 0. The van der Waals surface area contributed by atoms with Gasteiger partial charge in [0, 0.05) is 6.54 Å². The summed E-state index contributed by atoms with van der Waals surface area (Å²) in [7, 11) is 0. The van der Waals surface area contributed by atoms with Gasteiger partial charge in [-0.25, -0.2) is 0 Å². The van der Waals surface area contributed by atoms with Crippen LogP contribution in [0.1, 0.15) is 39.7 Å². The maximum atomic E-state index is 12.0. The van der Waals surface area contributed by atoms with Crippen LogP contribution in [0.25, 0.3) is 0 Å². The highest BCUT2D eigenvalue weighted by Gasteiger charge is 2.22. The van der Waals surface area contributed by atoms with Crippen molar-refractivity contribution in [2.75, 3.05) is 6.54 Å². The second kappa shape index (κ2) is 9.06. The maximum absolute atomic E-state index is 12.0. The number of nitrogens with two attached hydrogens (primary N) is 1. The molecule has 0 radical (unpaired) electrons. The lowest BCUT2D eigenvalue weighted by Crippen LogP contribution is -2.45. The quantitative estimate of drug-likeness (QED) is 0.812. The van der Waals surface area contributed by atoms with Crippen LogP contribution in [0.5, 0.6) is 0 Å². The molecule has 3 nitrogen and oxygen atoms in total. The fraction of sp³-hybridized carbons (Fsp3) is 0.588. The van der Waals surface area contributed by atoms with Crippen molar-refractivity contribution in [1.29, 1.82) is 0 Å². The Morgan fingerprint density at radius 1 is 1.24 bits per heavy atom. The summed E-state index contributed by atoms with van der Waals surface area (Å²) in [5.41, 5.74) is 7.17. The number of carbonyl (C=O) groups excluding carboxylic acids is 1. The molecule has 1 atom stereocenters. The summed E-state index contributed by atoms with van der Waals surface area (Å²) in [6.45, 7) is 9.42. The fourth-order valence-electron chi connectivity index (χ4n) is 2.60. The molecule has 1 aromatic carbocycles. The van der Waals surface area contributed by atoms with Crippen molar-refractivity contribution < 1.29 is 4.79 Å². The molecule has 120 valence electrons. The van der Waals surface area contributed by atoms with Gasteiger partial charge in [-0.1, -0.05) is 58.0 Å². The first-order chi connectivity index (χ1) is 9.30. The lowest BCUT2D eigenvalue weighted by molar-refractivity contribution is -0.122. The second-order valence-electron chi connectivity index (χ2n) is 6.78. The third-order valence-electron chi connectivity index (χ3n) is 3.34. The molecule has 4 heteroatoms. The molecular weight excluding hydrogens is 284 g/mol. The van der Waals surface area contributed by atoms with Crippen molar-refractivity contribution in [1.82, 2.24) is 5.32 Å². The van der Waals surface area contributed by atoms with E-state index >= 15 is 0 Å². The number of nitrogens with one attached hydrogen (secondary N) is 1. The number of hydrogen-bond donors (Lipinski definition) is 2. The van der Waals surface area contributed by atoms with Gasteiger partial charge < -0.3 is 11.1 Å². The zero-order valence-electron chi connectivity index (χ0n) is 13.6. The molecule has 0 aliphatic carbocycles. The summed E-state index contributed by atoms with van der Waals surface area (Å²) in [6.07, 6.45) is 1.67. The van der Waals surface area contributed by atoms with Crippen LogP contribution in [0.3, 0.4) is 0 Å². The van der Waals surface area contributed by atoms with Crippen molar-refractivity contribution in [3.63, 3.8) is 0 Å². The highest BCUT2D eigenvalue weighted by molar-refractivity contribution is 5.85. The molecule has 0 aromatic heterocycles. The van der Waals surface area contributed by atoms with Crippen LogP contribution in [0, 0.1) is 11.3 Å². The molecule has 0 saturated heterocycles. The van der Waals surface area contributed by atoms with Crippen LogP contribution in [-0.4, -0.2) is 18.5 Å². The first-order valence-corrected chi connectivity index (χ1v) is 7.37. The third-order valence-corrected chi connectivity index (χ3v) is 3.34. The van der Waals surface area contributed by atoms with Gasteiger partial charge in [-0.2, -0.15) is 0 Å². The Balaban J connectivity index is 0.00000400. The molecule has 1 rings (SSSR count). The molecule has 0 fully saturated rings. The largest absolute Gasteiger partial charge is 0.354 e. The highest BCUT2D eigenvalue weighted by Crippen LogP contribution is 2.24. The Kier molecular flexibility index (Phi) is 8.60. The first-order valence-electron chi connectivity index (χ1n) is 7.37. The van der Waals surface area contributed by atoms with E-state index in [9.17, 15) is 4.79 Å². The van der Waals surface area contributed by atoms with Gasteiger partial charge in [0.15, 0.2) is 0 Å². The van der Waals surface area contributed by atoms with Crippen LogP contribution < -0.4 is 11.1 Å². The Labute approximate surface area is 135 Å². The predicted molar refractivity (Wildman–Crippen MR) is 91.6 cm³/mol. The number of carbonyl (C=O) groups is 1. The van der Waals surface area contributed by atoms with Crippen molar-refractivity contribution in [2.24, 2.45) is 17.1 Å². The molecule has 3 N–H and O–H groups in total. The van der Waals surface area contributed by atoms with Crippen LogP contribution in [0.2, 0.25) is 0 Å². The number of halogens is 1. The van der Waals surface area contributed by atoms with Gasteiger partial charge in [0.25, 0.3) is 0 Å². The molecular formula is C17H29ClN2O. The maximum Gasteiger partial charge on any atom is 0.237 e. The molecule has 1 aromatic rings. The number of amides is 1. The number of hydrogen-bond acceptors (Lipinski definition) is 2. The fourth-order valence-corrected chi connectivity index (χ4v) is 2.60. The van der Waals surface area contributed by atoms with Crippen LogP contribution in [0.15, 0.2) is 30.3 Å². The van der Waals surface area contributed by atoms with E-state index < -0.39 is 6.04 Å². The van der Waals surface area contributed by atoms with Gasteiger partial charge in [-0.15, -0.1) is 12.4 Å². The lowest BCUT2D eigenvalue weighted by Gasteiger charge is -2.27. The molecule has 0 aliphatic heterocycles. The molecule has 0 spiro atoms. The van der Waals surface area contributed by atoms with E-state index in [0.717, 1.165) is 12.0 Å². The van der Waals surface area contributed by atoms with Crippen molar-refractivity contribution in [3.8, 4) is 0 Å². The second-order valence-corrected chi connectivity index (χ2v) is 6.78. The molecule has 21 heavy (non-hydrogen) atoms. The van der Waals surface area contributed by atoms with Crippen molar-refractivity contribution in [3.05, 3.63) is 35.9 Å². The average Bonchev–Trinajstić information content (AvgIpc) is 2.35. The Morgan fingerprint density at radius 3 is 2.33 bits per heavy atom. The topological polar surface area (TPSA) is 55.1 Å². The zero-order valence-corrected chi connectivity index (χ0v) is 14.4. The summed E-state index contributed by atoms with van der Waals surface area (Å²) in [5.74, 6) is 0.561. The predicted octanol–water partition coefficient (Wildman–Crippen LogP) is 3.17. The molecule has 0 unspecified atom stereocenters. The third kappa shape index (κ3) is 8.08. The zero-order chi connectivity index (χ0) is 15.2. The van der Waals surface area contributed by atoms with Gasteiger partial charge >= 0.3 is 0 Å². The summed E-state index contributed by atoms with van der Waals surface area (Å²) in [4.78, 5) is 12.0. The van der Waals surface area contributed by atoms with Crippen LogP contribution in [-0.2, 0) is 11.2 Å². The van der Waals surface area contributed by atoms with Crippen LogP contribution >= 0.6 is 12.4 Å². The minimum Gasteiger partial charge on any atom is -0.354 e. The van der Waals surface area contributed by atoms with E-state index in [4.69, 9.17) is 5.73 Å². The number of rotatable bonds is 7. The Bertz CT molecular complexity index is 418. The minimum atomic E-state index is -0.479. The Morgan fingerprint density at radius 2 is 1.81 bits per heavy atom. The lowest BCUT2D eigenvalue weighted by atomic mass is 9.84.